The molecule has 0 aliphatic heterocycles. The average molecular weight is 296 g/mol. The first kappa shape index (κ1) is 14.1. The maximum Gasteiger partial charge on any atom is 0.0560 e. The van der Waals surface area contributed by atoms with Crippen LogP contribution in [0.4, 0.5) is 0 Å². The standard InChI is InChI=1S/C19H18ClN/c1-12-7-10-15(11-17(12)20)19(21)18-13(2)8-9-14-5-3-4-6-16(14)18/h3-11,19H,21H2,1-2H3. The maximum atomic E-state index is 6.54. The van der Waals surface area contributed by atoms with Crippen LogP contribution in [-0.2, 0) is 0 Å². The molecular formula is C19H18ClN. The van der Waals surface area contributed by atoms with E-state index >= 15 is 0 Å². The number of rotatable bonds is 2. The molecule has 3 aromatic rings. The molecule has 2 N–H and O–H groups in total. The summed E-state index contributed by atoms with van der Waals surface area (Å²) in [5, 5.41) is 3.19. The van der Waals surface area contributed by atoms with Crippen LogP contribution >= 0.6 is 11.6 Å². The van der Waals surface area contributed by atoms with Crippen LogP contribution in [0.1, 0.15) is 28.3 Å². The fourth-order valence-electron chi connectivity index (χ4n) is 2.79. The van der Waals surface area contributed by atoms with E-state index in [0.29, 0.717) is 0 Å². The Labute approximate surface area is 130 Å². The summed E-state index contributed by atoms with van der Waals surface area (Å²) in [6.45, 7) is 4.11. The molecule has 0 saturated heterocycles. The Hall–Kier alpha value is -1.83. The van der Waals surface area contributed by atoms with Crippen LogP contribution in [0.15, 0.2) is 54.6 Å². The van der Waals surface area contributed by atoms with Crippen molar-refractivity contribution in [2.45, 2.75) is 19.9 Å². The normalized spacial score (nSPS) is 12.6. The van der Waals surface area contributed by atoms with Gasteiger partial charge in [0.25, 0.3) is 0 Å². The first-order valence-electron chi connectivity index (χ1n) is 7.08. The third kappa shape index (κ3) is 2.55. The Balaban J connectivity index is 2.19. The lowest BCUT2D eigenvalue weighted by Gasteiger charge is -2.18. The van der Waals surface area contributed by atoms with Crippen LogP contribution in [0.3, 0.4) is 0 Å². The third-order valence-corrected chi connectivity index (χ3v) is 4.46. The van der Waals surface area contributed by atoms with E-state index in [-0.39, 0.29) is 6.04 Å². The molecule has 0 amide bonds. The van der Waals surface area contributed by atoms with E-state index in [1.54, 1.807) is 0 Å². The number of hydrogen-bond acceptors (Lipinski definition) is 1. The highest BCUT2D eigenvalue weighted by Gasteiger charge is 2.15. The van der Waals surface area contributed by atoms with Gasteiger partial charge in [0.05, 0.1) is 6.04 Å². The SMILES string of the molecule is Cc1ccc(C(N)c2c(C)ccc3ccccc23)cc1Cl. The van der Waals surface area contributed by atoms with Crippen molar-refractivity contribution in [2.75, 3.05) is 0 Å². The van der Waals surface area contributed by atoms with Crippen LogP contribution in [0, 0.1) is 13.8 Å². The zero-order chi connectivity index (χ0) is 15.0. The minimum atomic E-state index is -0.172. The van der Waals surface area contributed by atoms with Gasteiger partial charge in [-0.2, -0.15) is 0 Å². The summed E-state index contributed by atoms with van der Waals surface area (Å²) >= 11 is 6.25. The first-order chi connectivity index (χ1) is 10.1. The van der Waals surface area contributed by atoms with Crippen LogP contribution < -0.4 is 5.73 Å². The molecule has 1 unspecified atom stereocenters. The number of aryl methyl sites for hydroxylation is 2. The molecule has 21 heavy (non-hydrogen) atoms. The quantitative estimate of drug-likeness (QED) is 0.694. The van der Waals surface area contributed by atoms with Crippen LogP contribution in [0.2, 0.25) is 5.02 Å². The van der Waals surface area contributed by atoms with Gasteiger partial charge < -0.3 is 5.73 Å². The number of halogens is 1. The van der Waals surface area contributed by atoms with E-state index in [1.165, 1.54) is 21.9 Å². The molecular weight excluding hydrogens is 278 g/mol. The fraction of sp³-hybridized carbons (Fsp3) is 0.158. The molecule has 0 saturated carbocycles. The molecule has 0 radical (unpaired) electrons. The van der Waals surface area contributed by atoms with E-state index in [0.717, 1.165) is 16.1 Å². The Bertz CT molecular complexity index is 808. The average Bonchev–Trinajstić information content (AvgIpc) is 2.49. The molecule has 0 aromatic heterocycles. The van der Waals surface area contributed by atoms with Crippen LogP contribution in [0.5, 0.6) is 0 Å². The second-order valence-electron chi connectivity index (χ2n) is 5.50. The van der Waals surface area contributed by atoms with Crippen molar-refractivity contribution in [1.82, 2.24) is 0 Å². The minimum Gasteiger partial charge on any atom is -0.320 e. The zero-order valence-electron chi connectivity index (χ0n) is 12.2. The van der Waals surface area contributed by atoms with Gasteiger partial charge in [-0.05, 0) is 52.9 Å². The molecule has 106 valence electrons. The molecule has 1 nitrogen and oxygen atoms in total. The van der Waals surface area contributed by atoms with Crippen molar-refractivity contribution in [1.29, 1.82) is 0 Å². The van der Waals surface area contributed by atoms with Crippen LogP contribution in [0.25, 0.3) is 10.8 Å². The van der Waals surface area contributed by atoms with E-state index in [1.807, 2.05) is 19.1 Å². The summed E-state index contributed by atoms with van der Waals surface area (Å²) in [4.78, 5) is 0. The van der Waals surface area contributed by atoms with E-state index in [9.17, 15) is 0 Å². The zero-order valence-corrected chi connectivity index (χ0v) is 13.0. The highest BCUT2D eigenvalue weighted by molar-refractivity contribution is 6.31. The Kier molecular flexibility index (Phi) is 3.71. The van der Waals surface area contributed by atoms with Crippen molar-refractivity contribution in [3.05, 3.63) is 81.9 Å². The summed E-state index contributed by atoms with van der Waals surface area (Å²) < 4.78 is 0. The lowest BCUT2D eigenvalue weighted by Crippen LogP contribution is -2.14. The molecule has 1 atom stereocenters. The topological polar surface area (TPSA) is 26.0 Å². The second-order valence-corrected chi connectivity index (χ2v) is 5.91. The monoisotopic (exact) mass is 295 g/mol. The smallest absolute Gasteiger partial charge is 0.0560 e. The van der Waals surface area contributed by atoms with E-state index in [4.69, 9.17) is 17.3 Å². The van der Waals surface area contributed by atoms with Gasteiger partial charge in [0.2, 0.25) is 0 Å². The number of nitrogens with two attached hydrogens (primary N) is 1. The fourth-order valence-corrected chi connectivity index (χ4v) is 2.98. The molecule has 0 spiro atoms. The molecule has 0 bridgehead atoms. The molecule has 3 aromatic carbocycles. The molecule has 0 fully saturated rings. The minimum absolute atomic E-state index is 0.172. The highest BCUT2D eigenvalue weighted by Crippen LogP contribution is 2.31. The van der Waals surface area contributed by atoms with Crippen LogP contribution in [-0.4, -0.2) is 0 Å². The van der Waals surface area contributed by atoms with Gasteiger partial charge in [0, 0.05) is 5.02 Å². The predicted molar refractivity (Wildman–Crippen MR) is 90.9 cm³/mol. The summed E-state index contributed by atoms with van der Waals surface area (Å²) in [5.74, 6) is 0. The summed E-state index contributed by atoms with van der Waals surface area (Å²) in [6.07, 6.45) is 0. The van der Waals surface area contributed by atoms with Crippen molar-refractivity contribution < 1.29 is 0 Å². The number of hydrogen-bond donors (Lipinski definition) is 1. The van der Waals surface area contributed by atoms with Crippen molar-refractivity contribution in [2.24, 2.45) is 5.73 Å². The Morgan fingerprint density at radius 2 is 1.62 bits per heavy atom. The maximum absolute atomic E-state index is 6.54. The second kappa shape index (κ2) is 5.51. The lowest BCUT2D eigenvalue weighted by molar-refractivity contribution is 0.871. The Morgan fingerprint density at radius 1 is 0.905 bits per heavy atom. The van der Waals surface area contributed by atoms with Gasteiger partial charge in [0.15, 0.2) is 0 Å². The Morgan fingerprint density at radius 3 is 2.38 bits per heavy atom. The molecule has 2 heteroatoms. The van der Waals surface area contributed by atoms with E-state index in [2.05, 4.69) is 49.4 Å². The highest BCUT2D eigenvalue weighted by atomic mass is 35.5. The summed E-state index contributed by atoms with van der Waals surface area (Å²) in [7, 11) is 0. The summed E-state index contributed by atoms with van der Waals surface area (Å²) in [6, 6.07) is 18.5. The van der Waals surface area contributed by atoms with Gasteiger partial charge in [-0.3, -0.25) is 0 Å². The number of benzene rings is 3. The van der Waals surface area contributed by atoms with Crippen molar-refractivity contribution in [3.8, 4) is 0 Å². The van der Waals surface area contributed by atoms with Gasteiger partial charge >= 0.3 is 0 Å². The first-order valence-corrected chi connectivity index (χ1v) is 7.45. The van der Waals surface area contributed by atoms with Gasteiger partial charge in [-0.15, -0.1) is 0 Å². The third-order valence-electron chi connectivity index (χ3n) is 4.05. The summed E-state index contributed by atoms with van der Waals surface area (Å²) in [5.41, 5.74) is 11.0. The largest absolute Gasteiger partial charge is 0.320 e. The van der Waals surface area contributed by atoms with Crippen molar-refractivity contribution >= 4 is 22.4 Å². The van der Waals surface area contributed by atoms with Crippen molar-refractivity contribution in [3.63, 3.8) is 0 Å². The predicted octanol–water partition coefficient (Wildman–Crippen LogP) is 5.16. The lowest BCUT2D eigenvalue weighted by atomic mass is 9.90. The molecule has 0 heterocycles. The molecule has 0 aliphatic carbocycles. The van der Waals surface area contributed by atoms with E-state index < -0.39 is 0 Å². The molecule has 3 rings (SSSR count). The van der Waals surface area contributed by atoms with Gasteiger partial charge in [-0.25, -0.2) is 0 Å². The van der Waals surface area contributed by atoms with Gasteiger partial charge in [0.1, 0.15) is 0 Å². The number of fused-ring (bicyclic) bond motifs is 1. The molecule has 0 aliphatic rings. The van der Waals surface area contributed by atoms with Gasteiger partial charge in [-0.1, -0.05) is 60.1 Å².